The van der Waals surface area contributed by atoms with Crippen molar-refractivity contribution in [3.05, 3.63) is 35.9 Å². The van der Waals surface area contributed by atoms with Gasteiger partial charge in [-0.25, -0.2) is 0 Å². The predicted octanol–water partition coefficient (Wildman–Crippen LogP) is 1.61. The fourth-order valence-corrected chi connectivity index (χ4v) is 2.01. The minimum absolute atomic E-state index is 0. The second-order valence-corrected chi connectivity index (χ2v) is 4.99. The summed E-state index contributed by atoms with van der Waals surface area (Å²) < 4.78 is 0. The van der Waals surface area contributed by atoms with E-state index in [0.29, 0.717) is 13.0 Å². The van der Waals surface area contributed by atoms with Crippen LogP contribution in [0.5, 0.6) is 0 Å². The maximum absolute atomic E-state index is 11.9. The van der Waals surface area contributed by atoms with E-state index >= 15 is 0 Å². The monoisotopic (exact) mass is 299 g/mol. The first-order valence-electron chi connectivity index (χ1n) is 6.93. The number of carbonyl (C=O) groups is 1. The van der Waals surface area contributed by atoms with Crippen molar-refractivity contribution in [1.82, 2.24) is 5.32 Å². The topological polar surface area (TPSA) is 81.1 Å². The maximum Gasteiger partial charge on any atom is 0.237 e. The molecule has 1 aromatic carbocycles. The molecule has 1 aromatic rings. The number of hydrogen-bond donors (Lipinski definition) is 3. The molecule has 1 amide bonds. The van der Waals surface area contributed by atoms with Gasteiger partial charge in [-0.15, -0.1) is 12.4 Å². The van der Waals surface area contributed by atoms with Gasteiger partial charge < -0.3 is 16.8 Å². The van der Waals surface area contributed by atoms with Crippen LogP contribution in [0.4, 0.5) is 0 Å². The number of carbonyl (C=O) groups excluding carboxylic acids is 1. The van der Waals surface area contributed by atoms with Crippen LogP contribution >= 0.6 is 12.4 Å². The molecule has 0 aliphatic heterocycles. The van der Waals surface area contributed by atoms with E-state index in [2.05, 4.69) is 17.4 Å². The van der Waals surface area contributed by atoms with E-state index in [9.17, 15) is 4.79 Å². The molecule has 20 heavy (non-hydrogen) atoms. The highest BCUT2D eigenvalue weighted by Gasteiger charge is 2.15. The molecule has 2 atom stereocenters. The van der Waals surface area contributed by atoms with E-state index in [-0.39, 0.29) is 24.4 Å². The SMILES string of the molecule is C[C@@H](Cc1ccccc1)NC(=O)C(N)CCCCN.Cl. The lowest BCUT2D eigenvalue weighted by Gasteiger charge is -2.17. The summed E-state index contributed by atoms with van der Waals surface area (Å²) in [5.74, 6) is -0.0690. The molecule has 1 unspecified atom stereocenters. The van der Waals surface area contributed by atoms with Crippen LogP contribution in [-0.2, 0) is 11.2 Å². The highest BCUT2D eigenvalue weighted by molar-refractivity contribution is 5.85. The summed E-state index contributed by atoms with van der Waals surface area (Å²) in [5.41, 5.74) is 12.5. The highest BCUT2D eigenvalue weighted by Crippen LogP contribution is 2.04. The lowest BCUT2D eigenvalue weighted by molar-refractivity contribution is -0.123. The zero-order valence-electron chi connectivity index (χ0n) is 12.0. The molecule has 114 valence electrons. The normalized spacial score (nSPS) is 13.2. The van der Waals surface area contributed by atoms with Gasteiger partial charge in [-0.3, -0.25) is 4.79 Å². The molecule has 0 spiro atoms. The molecule has 1 rings (SSSR count). The minimum Gasteiger partial charge on any atom is -0.352 e. The van der Waals surface area contributed by atoms with Crippen molar-refractivity contribution < 1.29 is 4.79 Å². The third-order valence-corrected chi connectivity index (χ3v) is 3.08. The molecule has 0 radical (unpaired) electrons. The van der Waals surface area contributed by atoms with Gasteiger partial charge in [-0.1, -0.05) is 36.8 Å². The average molecular weight is 300 g/mol. The Labute approximate surface area is 127 Å². The third-order valence-electron chi connectivity index (χ3n) is 3.08. The summed E-state index contributed by atoms with van der Waals surface area (Å²) in [6, 6.07) is 9.78. The quantitative estimate of drug-likeness (QED) is 0.638. The second-order valence-electron chi connectivity index (χ2n) is 4.99. The molecule has 5 heteroatoms. The van der Waals surface area contributed by atoms with Gasteiger partial charge in [0.2, 0.25) is 5.91 Å². The van der Waals surface area contributed by atoms with E-state index < -0.39 is 6.04 Å². The van der Waals surface area contributed by atoms with Crippen LogP contribution < -0.4 is 16.8 Å². The largest absolute Gasteiger partial charge is 0.352 e. The van der Waals surface area contributed by atoms with E-state index in [1.807, 2.05) is 25.1 Å². The summed E-state index contributed by atoms with van der Waals surface area (Å²) in [5, 5.41) is 2.96. The fraction of sp³-hybridized carbons (Fsp3) is 0.533. The molecule has 0 bridgehead atoms. The number of hydrogen-bond acceptors (Lipinski definition) is 3. The van der Waals surface area contributed by atoms with E-state index in [1.54, 1.807) is 0 Å². The first-order chi connectivity index (χ1) is 9.13. The Hall–Kier alpha value is -1.10. The maximum atomic E-state index is 11.9. The number of amides is 1. The summed E-state index contributed by atoms with van der Waals surface area (Å²) >= 11 is 0. The number of nitrogens with two attached hydrogens (primary N) is 2. The van der Waals surface area contributed by atoms with Gasteiger partial charge in [-0.05, 0) is 38.3 Å². The molecule has 5 N–H and O–H groups in total. The van der Waals surface area contributed by atoms with Crippen LogP contribution in [0, 0.1) is 0 Å². The van der Waals surface area contributed by atoms with E-state index in [0.717, 1.165) is 19.3 Å². The van der Waals surface area contributed by atoms with Crippen molar-refractivity contribution in [3.8, 4) is 0 Å². The summed E-state index contributed by atoms with van der Waals surface area (Å²) in [6.07, 6.45) is 3.34. The number of nitrogens with one attached hydrogen (secondary N) is 1. The molecule has 0 aliphatic rings. The van der Waals surface area contributed by atoms with Crippen LogP contribution in [0.1, 0.15) is 31.7 Å². The van der Waals surface area contributed by atoms with Crippen molar-refractivity contribution in [2.45, 2.75) is 44.7 Å². The second kappa shape index (κ2) is 10.7. The van der Waals surface area contributed by atoms with Crippen LogP contribution in [0.3, 0.4) is 0 Å². The van der Waals surface area contributed by atoms with Crippen LogP contribution in [-0.4, -0.2) is 24.5 Å². The molecule has 0 saturated carbocycles. The lowest BCUT2D eigenvalue weighted by Crippen LogP contribution is -2.45. The smallest absolute Gasteiger partial charge is 0.237 e. The molecular formula is C15H26ClN3O. The zero-order chi connectivity index (χ0) is 14.1. The van der Waals surface area contributed by atoms with Crippen LogP contribution in [0.15, 0.2) is 30.3 Å². The zero-order valence-corrected chi connectivity index (χ0v) is 12.9. The first kappa shape index (κ1) is 18.9. The van der Waals surface area contributed by atoms with E-state index in [1.165, 1.54) is 5.56 Å². The van der Waals surface area contributed by atoms with Crippen molar-refractivity contribution >= 4 is 18.3 Å². The Morgan fingerprint density at radius 1 is 1.25 bits per heavy atom. The van der Waals surface area contributed by atoms with Crippen molar-refractivity contribution in [3.63, 3.8) is 0 Å². The fourth-order valence-electron chi connectivity index (χ4n) is 2.01. The molecular weight excluding hydrogens is 274 g/mol. The van der Waals surface area contributed by atoms with Gasteiger partial charge >= 0.3 is 0 Å². The number of benzene rings is 1. The van der Waals surface area contributed by atoms with Gasteiger partial charge in [0, 0.05) is 6.04 Å². The summed E-state index contributed by atoms with van der Waals surface area (Å²) in [6.45, 7) is 2.65. The number of rotatable bonds is 8. The summed E-state index contributed by atoms with van der Waals surface area (Å²) in [4.78, 5) is 11.9. The first-order valence-corrected chi connectivity index (χ1v) is 6.93. The average Bonchev–Trinajstić information content (AvgIpc) is 2.39. The molecule has 0 saturated heterocycles. The molecule has 4 nitrogen and oxygen atoms in total. The standard InChI is InChI=1S/C15H25N3O.ClH/c1-12(11-13-7-3-2-4-8-13)18-15(19)14(17)9-5-6-10-16;/h2-4,7-8,12,14H,5-6,9-11,16-17H2,1H3,(H,18,19);1H/t12-,14?;/m0./s1. The third kappa shape index (κ3) is 7.48. The van der Waals surface area contributed by atoms with Crippen molar-refractivity contribution in [2.75, 3.05) is 6.54 Å². The van der Waals surface area contributed by atoms with Crippen molar-refractivity contribution in [1.29, 1.82) is 0 Å². The molecule has 0 fully saturated rings. The highest BCUT2D eigenvalue weighted by atomic mass is 35.5. The number of unbranched alkanes of at least 4 members (excludes halogenated alkanes) is 1. The van der Waals surface area contributed by atoms with Crippen LogP contribution in [0.2, 0.25) is 0 Å². The van der Waals surface area contributed by atoms with Gasteiger partial charge in [-0.2, -0.15) is 0 Å². The Kier molecular flexibility index (Phi) is 10.1. The Bertz CT molecular complexity index is 373. The van der Waals surface area contributed by atoms with Gasteiger partial charge in [0.05, 0.1) is 6.04 Å². The van der Waals surface area contributed by atoms with Crippen molar-refractivity contribution in [2.24, 2.45) is 11.5 Å². The Balaban J connectivity index is 0.00000361. The summed E-state index contributed by atoms with van der Waals surface area (Å²) in [7, 11) is 0. The lowest BCUT2D eigenvalue weighted by atomic mass is 10.1. The van der Waals surface area contributed by atoms with Gasteiger partial charge in [0.15, 0.2) is 0 Å². The van der Waals surface area contributed by atoms with E-state index in [4.69, 9.17) is 11.5 Å². The molecule has 0 aliphatic carbocycles. The number of halogens is 1. The Morgan fingerprint density at radius 3 is 2.50 bits per heavy atom. The molecule has 0 aromatic heterocycles. The molecule has 0 heterocycles. The Morgan fingerprint density at radius 2 is 1.90 bits per heavy atom. The minimum atomic E-state index is -0.426. The van der Waals surface area contributed by atoms with Gasteiger partial charge in [0.25, 0.3) is 0 Å². The van der Waals surface area contributed by atoms with Gasteiger partial charge in [0.1, 0.15) is 0 Å². The predicted molar refractivity (Wildman–Crippen MR) is 85.9 cm³/mol. The van der Waals surface area contributed by atoms with Crippen LogP contribution in [0.25, 0.3) is 0 Å².